The van der Waals surface area contributed by atoms with Crippen molar-refractivity contribution >= 4 is 18.3 Å². The van der Waals surface area contributed by atoms with Crippen molar-refractivity contribution in [1.82, 2.24) is 10.2 Å². The van der Waals surface area contributed by atoms with E-state index in [4.69, 9.17) is 4.74 Å². The van der Waals surface area contributed by atoms with Crippen LogP contribution in [0.5, 0.6) is 0 Å². The molecule has 0 aromatic heterocycles. The van der Waals surface area contributed by atoms with Crippen molar-refractivity contribution in [1.29, 1.82) is 0 Å². The lowest BCUT2D eigenvalue weighted by molar-refractivity contribution is -0.141. The van der Waals surface area contributed by atoms with Crippen LogP contribution in [0.2, 0.25) is 0 Å². The van der Waals surface area contributed by atoms with Crippen LogP contribution in [0.25, 0.3) is 0 Å². The number of hydrogen-bond acceptors (Lipinski definition) is 3. The van der Waals surface area contributed by atoms with Gasteiger partial charge in [0.15, 0.2) is 0 Å². The lowest BCUT2D eigenvalue weighted by Gasteiger charge is -2.35. The van der Waals surface area contributed by atoms with Gasteiger partial charge < -0.3 is 15.0 Å². The molecule has 2 aliphatic rings. The molecule has 1 amide bonds. The van der Waals surface area contributed by atoms with E-state index in [0.717, 1.165) is 39.0 Å². The number of nitrogens with zero attached hydrogens (tertiary/aromatic N) is 1. The highest BCUT2D eigenvalue weighted by molar-refractivity contribution is 5.85. The first-order chi connectivity index (χ1) is 7.81. The zero-order valence-electron chi connectivity index (χ0n) is 10.5. The van der Waals surface area contributed by atoms with Gasteiger partial charge in [-0.05, 0) is 32.7 Å². The standard InChI is InChI=1S/C12H22N2O2.ClH/c1-13-11-5-2-6-14(8-11)12(15)10-4-3-7-16-9-10;/h10-11,13H,2-9H2,1H3;1H. The van der Waals surface area contributed by atoms with Crippen LogP contribution < -0.4 is 5.32 Å². The fourth-order valence-corrected chi connectivity index (χ4v) is 2.61. The number of rotatable bonds is 2. The molecule has 0 saturated carbocycles. The number of likely N-dealkylation sites (tertiary alicyclic amines) is 1. The SMILES string of the molecule is CNC1CCCN(C(=O)C2CCCOC2)C1.Cl. The number of amides is 1. The molecule has 2 heterocycles. The van der Waals surface area contributed by atoms with E-state index in [2.05, 4.69) is 5.32 Å². The van der Waals surface area contributed by atoms with Crippen molar-refractivity contribution in [3.05, 3.63) is 0 Å². The van der Waals surface area contributed by atoms with E-state index in [1.54, 1.807) is 0 Å². The maximum atomic E-state index is 12.2. The summed E-state index contributed by atoms with van der Waals surface area (Å²) < 4.78 is 5.38. The van der Waals surface area contributed by atoms with Crippen molar-refractivity contribution < 1.29 is 9.53 Å². The molecule has 2 atom stereocenters. The van der Waals surface area contributed by atoms with Gasteiger partial charge in [-0.15, -0.1) is 12.4 Å². The molecular weight excluding hydrogens is 240 g/mol. The summed E-state index contributed by atoms with van der Waals surface area (Å²) in [5, 5.41) is 3.27. The Balaban J connectivity index is 0.00000144. The van der Waals surface area contributed by atoms with Gasteiger partial charge in [0.05, 0.1) is 12.5 Å². The summed E-state index contributed by atoms with van der Waals surface area (Å²) in [6.07, 6.45) is 4.32. The Bertz CT molecular complexity index is 245. The summed E-state index contributed by atoms with van der Waals surface area (Å²) in [5.41, 5.74) is 0. The van der Waals surface area contributed by atoms with E-state index in [9.17, 15) is 4.79 Å². The molecule has 5 heteroatoms. The summed E-state index contributed by atoms with van der Waals surface area (Å²) in [6.45, 7) is 3.24. The van der Waals surface area contributed by atoms with Gasteiger partial charge in [-0.3, -0.25) is 4.79 Å². The van der Waals surface area contributed by atoms with Gasteiger partial charge in [-0.1, -0.05) is 0 Å². The Hall–Kier alpha value is -0.320. The molecule has 0 aliphatic carbocycles. The van der Waals surface area contributed by atoms with E-state index in [0.29, 0.717) is 18.6 Å². The van der Waals surface area contributed by atoms with Gasteiger partial charge in [0.2, 0.25) is 5.91 Å². The van der Waals surface area contributed by atoms with E-state index in [1.807, 2.05) is 11.9 Å². The smallest absolute Gasteiger partial charge is 0.228 e. The van der Waals surface area contributed by atoms with Crippen molar-refractivity contribution in [2.75, 3.05) is 33.4 Å². The van der Waals surface area contributed by atoms with Crippen LogP contribution in [0.3, 0.4) is 0 Å². The largest absolute Gasteiger partial charge is 0.381 e. The van der Waals surface area contributed by atoms with Crippen LogP contribution in [-0.4, -0.2) is 50.2 Å². The van der Waals surface area contributed by atoms with Crippen LogP contribution in [0.4, 0.5) is 0 Å². The Morgan fingerprint density at radius 1 is 1.35 bits per heavy atom. The van der Waals surface area contributed by atoms with Gasteiger partial charge in [0.1, 0.15) is 0 Å². The first kappa shape index (κ1) is 14.7. The fourth-order valence-electron chi connectivity index (χ4n) is 2.61. The van der Waals surface area contributed by atoms with Gasteiger partial charge in [-0.2, -0.15) is 0 Å². The monoisotopic (exact) mass is 262 g/mol. The number of likely N-dealkylation sites (N-methyl/N-ethyl adjacent to an activating group) is 1. The molecule has 0 aromatic rings. The average Bonchev–Trinajstić information content (AvgIpc) is 2.39. The molecule has 4 nitrogen and oxygen atoms in total. The van der Waals surface area contributed by atoms with E-state index < -0.39 is 0 Å². The summed E-state index contributed by atoms with van der Waals surface area (Å²) in [4.78, 5) is 14.3. The third kappa shape index (κ3) is 3.83. The first-order valence-electron chi connectivity index (χ1n) is 6.35. The normalized spacial score (nSPS) is 29.6. The van der Waals surface area contributed by atoms with Crippen molar-refractivity contribution in [3.63, 3.8) is 0 Å². The number of carbonyl (C=O) groups excluding carboxylic acids is 1. The summed E-state index contributed by atoms with van der Waals surface area (Å²) in [7, 11) is 1.97. The predicted octanol–water partition coefficient (Wildman–Crippen LogP) is 1.05. The van der Waals surface area contributed by atoms with Crippen molar-refractivity contribution in [3.8, 4) is 0 Å². The molecule has 0 aromatic carbocycles. The minimum atomic E-state index is 0. The number of ether oxygens (including phenoxy) is 1. The number of carbonyl (C=O) groups is 1. The lowest BCUT2D eigenvalue weighted by Crippen LogP contribution is -2.49. The summed E-state index contributed by atoms with van der Waals surface area (Å²) in [6, 6.07) is 0.474. The van der Waals surface area contributed by atoms with Crippen LogP contribution in [-0.2, 0) is 9.53 Å². The minimum Gasteiger partial charge on any atom is -0.381 e. The number of piperidine rings is 1. The topological polar surface area (TPSA) is 41.6 Å². The lowest BCUT2D eigenvalue weighted by atomic mass is 9.98. The molecular formula is C12H23ClN2O2. The van der Waals surface area contributed by atoms with Crippen molar-refractivity contribution in [2.24, 2.45) is 5.92 Å². The van der Waals surface area contributed by atoms with Crippen LogP contribution in [0, 0.1) is 5.92 Å². The van der Waals surface area contributed by atoms with Gasteiger partial charge in [-0.25, -0.2) is 0 Å². The molecule has 0 spiro atoms. The third-order valence-corrected chi connectivity index (χ3v) is 3.65. The summed E-state index contributed by atoms with van der Waals surface area (Å²) >= 11 is 0. The maximum absolute atomic E-state index is 12.2. The van der Waals surface area contributed by atoms with Gasteiger partial charge in [0.25, 0.3) is 0 Å². The predicted molar refractivity (Wildman–Crippen MR) is 69.5 cm³/mol. The van der Waals surface area contributed by atoms with Crippen LogP contribution in [0.15, 0.2) is 0 Å². The Kier molecular flexibility index (Phi) is 6.23. The average molecular weight is 263 g/mol. The zero-order valence-corrected chi connectivity index (χ0v) is 11.3. The van der Waals surface area contributed by atoms with E-state index in [-0.39, 0.29) is 18.3 Å². The Morgan fingerprint density at radius 2 is 2.18 bits per heavy atom. The molecule has 100 valence electrons. The number of hydrogen-bond donors (Lipinski definition) is 1. The Morgan fingerprint density at radius 3 is 2.82 bits per heavy atom. The van der Waals surface area contributed by atoms with Gasteiger partial charge >= 0.3 is 0 Å². The molecule has 2 aliphatic heterocycles. The van der Waals surface area contributed by atoms with Crippen LogP contribution >= 0.6 is 12.4 Å². The molecule has 2 saturated heterocycles. The fraction of sp³-hybridized carbons (Fsp3) is 0.917. The second kappa shape index (κ2) is 7.19. The molecule has 2 rings (SSSR count). The highest BCUT2D eigenvalue weighted by Gasteiger charge is 2.29. The van der Waals surface area contributed by atoms with Crippen molar-refractivity contribution in [2.45, 2.75) is 31.7 Å². The number of nitrogens with one attached hydrogen (secondary N) is 1. The third-order valence-electron chi connectivity index (χ3n) is 3.65. The van der Waals surface area contributed by atoms with E-state index in [1.165, 1.54) is 6.42 Å². The molecule has 0 radical (unpaired) electrons. The molecule has 0 bridgehead atoms. The zero-order chi connectivity index (χ0) is 11.4. The highest BCUT2D eigenvalue weighted by atomic mass is 35.5. The van der Waals surface area contributed by atoms with Gasteiger partial charge in [0, 0.05) is 25.7 Å². The quantitative estimate of drug-likeness (QED) is 0.809. The molecule has 1 N–H and O–H groups in total. The molecule has 2 unspecified atom stereocenters. The molecule has 2 fully saturated rings. The van der Waals surface area contributed by atoms with Crippen LogP contribution in [0.1, 0.15) is 25.7 Å². The molecule has 17 heavy (non-hydrogen) atoms. The number of halogens is 1. The second-order valence-electron chi connectivity index (χ2n) is 4.83. The van der Waals surface area contributed by atoms with E-state index >= 15 is 0 Å². The second-order valence-corrected chi connectivity index (χ2v) is 4.83. The summed E-state index contributed by atoms with van der Waals surface area (Å²) in [5.74, 6) is 0.420. The highest BCUT2D eigenvalue weighted by Crippen LogP contribution is 2.19. The maximum Gasteiger partial charge on any atom is 0.228 e. The minimum absolute atomic E-state index is 0. The Labute approximate surface area is 109 Å². The first-order valence-corrected chi connectivity index (χ1v) is 6.35.